The monoisotopic (exact) mass is 478 g/mol. The molecule has 0 saturated carbocycles. The van der Waals surface area contributed by atoms with Gasteiger partial charge in [0.25, 0.3) is 5.28 Å². The van der Waals surface area contributed by atoms with E-state index in [0.717, 1.165) is 0 Å². The molecule has 0 aromatic carbocycles. The lowest BCUT2D eigenvalue weighted by Crippen LogP contribution is -2.70. The molecule has 1 aromatic rings. The molecule has 0 aliphatic rings. The number of rotatable bonds is 8. The first-order chi connectivity index (χ1) is 12.7. The number of alkyl halides is 13. The van der Waals surface area contributed by atoms with Gasteiger partial charge in [0.15, 0.2) is 0 Å². The minimum Gasteiger partial charge on any atom is -0.461 e. The fourth-order valence-corrected chi connectivity index (χ4v) is 1.57. The highest BCUT2D eigenvalue weighted by molar-refractivity contribution is 6.28. The van der Waals surface area contributed by atoms with Crippen LogP contribution >= 0.6 is 11.6 Å². The van der Waals surface area contributed by atoms with E-state index in [-0.39, 0.29) is 0 Å². The Balaban J connectivity index is 3.09. The van der Waals surface area contributed by atoms with E-state index in [1.807, 2.05) is 0 Å². The third-order valence-electron chi connectivity index (χ3n) is 3.08. The quantitative estimate of drug-likeness (QED) is 0.518. The zero-order valence-corrected chi connectivity index (χ0v) is 13.7. The van der Waals surface area contributed by atoms with E-state index < -0.39 is 60.1 Å². The lowest BCUT2D eigenvalue weighted by molar-refractivity contribution is -0.440. The molecule has 0 amide bonds. The Hall–Kier alpha value is -1.88. The number of hydrogen-bond acceptors (Lipinski definition) is 5. The molecule has 0 fully saturated rings. The first kappa shape index (κ1) is 25.2. The Kier molecular flexibility index (Phi) is 6.44. The van der Waals surface area contributed by atoms with Crippen molar-refractivity contribution in [1.82, 2.24) is 20.4 Å². The molecule has 29 heavy (non-hydrogen) atoms. The van der Waals surface area contributed by atoms with Crippen molar-refractivity contribution < 1.29 is 61.8 Å². The normalized spacial score (nSPS) is 14.8. The fourth-order valence-electron chi connectivity index (χ4n) is 1.50. The Morgan fingerprint density at radius 3 is 1.45 bits per heavy atom. The van der Waals surface area contributed by atoms with E-state index in [0.29, 0.717) is 0 Å². The molecule has 0 spiro atoms. The van der Waals surface area contributed by atoms with Crippen molar-refractivity contribution in [2.24, 2.45) is 0 Å². The molecule has 1 rings (SSSR count). The second kappa shape index (κ2) is 7.42. The summed E-state index contributed by atoms with van der Waals surface area (Å²) in [4.78, 5) is 0. The second-order valence-electron chi connectivity index (χ2n) is 5.05. The van der Waals surface area contributed by atoms with E-state index in [1.165, 1.54) is 0 Å². The van der Waals surface area contributed by atoms with Crippen LogP contribution in [-0.4, -0.2) is 62.8 Å². The molecule has 1 aromatic heterocycles. The van der Waals surface area contributed by atoms with Gasteiger partial charge in [0.1, 0.15) is 0 Å². The maximum absolute atomic E-state index is 13.4. The Labute approximate surface area is 155 Å². The van der Waals surface area contributed by atoms with Gasteiger partial charge in [0.05, 0.1) is 13.0 Å². The lowest BCUT2D eigenvalue weighted by Gasteiger charge is -2.39. The van der Waals surface area contributed by atoms with Crippen LogP contribution in [0.5, 0.6) is 6.01 Å². The van der Waals surface area contributed by atoms with Gasteiger partial charge in [-0.05, 0) is 11.6 Å². The second-order valence-corrected chi connectivity index (χ2v) is 5.39. The summed E-state index contributed by atoms with van der Waals surface area (Å²) >= 11 is 5.12. The third kappa shape index (κ3) is 4.20. The van der Waals surface area contributed by atoms with Gasteiger partial charge in [-0.25, -0.2) is 0 Å². The van der Waals surface area contributed by atoms with Crippen LogP contribution in [0.2, 0.25) is 5.28 Å². The SMILES string of the molecule is FC(F)(F)C(F)(F)C(F)(F)C(F)(F)C(F)(F)C(F)(F)CCOc1nnc(Cl)nn1. The molecule has 0 unspecified atom stereocenters. The summed E-state index contributed by atoms with van der Waals surface area (Å²) in [6.45, 7) is -1.72. The Morgan fingerprint density at radius 2 is 1.03 bits per heavy atom. The van der Waals surface area contributed by atoms with Gasteiger partial charge < -0.3 is 4.74 Å². The molecule has 0 saturated heterocycles. The standard InChI is InChI=1S/C10H4ClF13N4O/c11-3-25-27-4(28-26-3)29-2-1-5(12,13)6(14,15)7(16,17)8(18,19)9(20,21)10(22,23)24/h1-2H2. The molecule has 1 heterocycles. The predicted octanol–water partition coefficient (Wildman–Crippen LogP) is 4.43. The minimum atomic E-state index is -7.95. The van der Waals surface area contributed by atoms with E-state index in [2.05, 4.69) is 25.1 Å². The van der Waals surface area contributed by atoms with Crippen molar-refractivity contribution in [3.05, 3.63) is 5.28 Å². The average Bonchev–Trinajstić information content (AvgIpc) is 2.54. The van der Waals surface area contributed by atoms with Gasteiger partial charge in [-0.15, -0.1) is 10.2 Å². The molecule has 0 aliphatic carbocycles. The van der Waals surface area contributed by atoms with Crippen molar-refractivity contribution in [3.8, 4) is 6.01 Å². The van der Waals surface area contributed by atoms with E-state index in [1.54, 1.807) is 0 Å². The Bertz CT molecular complexity index is 709. The zero-order valence-electron chi connectivity index (χ0n) is 12.9. The largest absolute Gasteiger partial charge is 0.461 e. The van der Waals surface area contributed by atoms with Crippen LogP contribution in [-0.2, 0) is 0 Å². The van der Waals surface area contributed by atoms with E-state index in [9.17, 15) is 57.1 Å². The first-order valence-electron chi connectivity index (χ1n) is 6.54. The molecule has 0 N–H and O–H groups in total. The number of halogens is 14. The topological polar surface area (TPSA) is 60.8 Å². The van der Waals surface area contributed by atoms with Crippen molar-refractivity contribution in [2.75, 3.05) is 6.61 Å². The summed E-state index contributed by atoms with van der Waals surface area (Å²) in [5.41, 5.74) is 0. The molecular formula is C10H4ClF13N4O. The Morgan fingerprint density at radius 1 is 0.621 bits per heavy atom. The highest BCUT2D eigenvalue weighted by Gasteiger charge is 2.90. The molecule has 0 bridgehead atoms. The number of hydrogen-bond donors (Lipinski definition) is 0. The summed E-state index contributed by atoms with van der Waals surface area (Å²) in [6, 6.07) is -1.02. The van der Waals surface area contributed by atoms with E-state index >= 15 is 0 Å². The first-order valence-corrected chi connectivity index (χ1v) is 6.91. The number of aromatic nitrogens is 4. The lowest BCUT2D eigenvalue weighted by atomic mass is 9.93. The zero-order chi connectivity index (χ0) is 23.1. The van der Waals surface area contributed by atoms with Crippen LogP contribution in [0, 0.1) is 0 Å². The molecule has 0 radical (unpaired) electrons. The molecular weight excluding hydrogens is 475 g/mol. The van der Waals surface area contributed by atoms with Gasteiger partial charge in [-0.2, -0.15) is 57.1 Å². The van der Waals surface area contributed by atoms with Crippen LogP contribution in [0.3, 0.4) is 0 Å². The van der Waals surface area contributed by atoms with Gasteiger partial charge in [-0.3, -0.25) is 0 Å². The van der Waals surface area contributed by atoms with Crippen LogP contribution in [0.15, 0.2) is 0 Å². The van der Waals surface area contributed by atoms with Crippen LogP contribution in [0.1, 0.15) is 6.42 Å². The van der Waals surface area contributed by atoms with Crippen molar-refractivity contribution in [1.29, 1.82) is 0 Å². The smallest absolute Gasteiger partial charge is 0.460 e. The highest BCUT2D eigenvalue weighted by Crippen LogP contribution is 2.60. The van der Waals surface area contributed by atoms with Gasteiger partial charge in [-0.1, -0.05) is 10.2 Å². The van der Waals surface area contributed by atoms with Gasteiger partial charge in [0.2, 0.25) is 0 Å². The van der Waals surface area contributed by atoms with Crippen molar-refractivity contribution >= 4 is 11.6 Å². The number of nitrogens with zero attached hydrogens (tertiary/aromatic N) is 4. The summed E-state index contributed by atoms with van der Waals surface area (Å²) in [5, 5.41) is 11.1. The molecule has 19 heteroatoms. The van der Waals surface area contributed by atoms with Crippen molar-refractivity contribution in [3.63, 3.8) is 0 Å². The van der Waals surface area contributed by atoms with Crippen molar-refractivity contribution in [2.45, 2.75) is 42.2 Å². The molecule has 0 atom stereocenters. The predicted molar refractivity (Wildman–Crippen MR) is 63.5 cm³/mol. The van der Waals surface area contributed by atoms with Crippen LogP contribution in [0.4, 0.5) is 57.1 Å². The van der Waals surface area contributed by atoms with Crippen LogP contribution in [0.25, 0.3) is 0 Å². The fraction of sp³-hybridized carbons (Fsp3) is 0.800. The average molecular weight is 479 g/mol. The van der Waals surface area contributed by atoms with Gasteiger partial charge in [0, 0.05) is 0 Å². The summed E-state index contributed by atoms with van der Waals surface area (Å²) in [7, 11) is 0. The summed E-state index contributed by atoms with van der Waals surface area (Å²) < 4.78 is 171. The van der Waals surface area contributed by atoms with Gasteiger partial charge >= 0.3 is 41.8 Å². The summed E-state index contributed by atoms with van der Waals surface area (Å²) in [5.74, 6) is -37.2. The highest BCUT2D eigenvalue weighted by atomic mass is 35.5. The maximum atomic E-state index is 13.4. The maximum Gasteiger partial charge on any atom is 0.460 e. The minimum absolute atomic E-state index is 0.596. The van der Waals surface area contributed by atoms with E-state index in [4.69, 9.17) is 11.6 Å². The number of ether oxygens (including phenoxy) is 1. The summed E-state index contributed by atoms with van der Waals surface area (Å²) in [6.07, 6.45) is -10.0. The molecule has 0 aliphatic heterocycles. The molecule has 5 nitrogen and oxygen atoms in total. The van der Waals surface area contributed by atoms with Crippen LogP contribution < -0.4 is 4.74 Å². The third-order valence-corrected chi connectivity index (χ3v) is 3.23. The molecule has 168 valence electrons.